The van der Waals surface area contributed by atoms with E-state index in [1.807, 2.05) is 46.8 Å². The number of carbonyl (C=O) groups excluding carboxylic acids is 1. The van der Waals surface area contributed by atoms with E-state index in [4.69, 9.17) is 16.0 Å². The van der Waals surface area contributed by atoms with Crippen molar-refractivity contribution in [3.05, 3.63) is 62.5 Å². The van der Waals surface area contributed by atoms with Gasteiger partial charge in [-0.25, -0.2) is 4.98 Å². The van der Waals surface area contributed by atoms with Crippen LogP contribution >= 0.6 is 11.6 Å². The predicted octanol–water partition coefficient (Wildman–Crippen LogP) is 5.82. The van der Waals surface area contributed by atoms with Gasteiger partial charge >= 0.3 is 0 Å². The van der Waals surface area contributed by atoms with Gasteiger partial charge in [-0.1, -0.05) is 30.7 Å². The van der Waals surface area contributed by atoms with Gasteiger partial charge in [-0.05, 0) is 63.8 Å². The van der Waals surface area contributed by atoms with Crippen molar-refractivity contribution >= 4 is 34.2 Å². The fourth-order valence-electron chi connectivity index (χ4n) is 3.56. The van der Waals surface area contributed by atoms with E-state index in [-0.39, 0.29) is 13.3 Å². The molecule has 0 radical (unpaired) electrons. The Kier molecular flexibility index (Phi) is 6.99. The second kappa shape index (κ2) is 8.92. The Bertz CT molecular complexity index is 1130. The molecule has 2 aromatic heterocycles. The standard InChI is InChI=1S/C14H13ClN2O2.C9H12O.CH4/c1-6-4-8-11(10(6)14(18)16-3)13(15)17-9-5-7(2)19-12(8)9;1-6-4-5-9(10)8(3)7(6)2;/h5H,4H2,1-3H3,(H,16,18);4-5,10H,1-3H3;1H4. The van der Waals surface area contributed by atoms with Gasteiger partial charge in [0.1, 0.15) is 22.2 Å². The van der Waals surface area contributed by atoms with Gasteiger partial charge in [-0.3, -0.25) is 4.79 Å². The first kappa shape index (κ1) is 23.5. The molecule has 1 aliphatic carbocycles. The molecule has 1 aliphatic rings. The molecule has 6 heteroatoms. The van der Waals surface area contributed by atoms with Crippen LogP contribution in [0.15, 0.2) is 28.2 Å². The molecule has 2 heterocycles. The number of aromatic hydroxyl groups is 1. The number of nitrogens with zero attached hydrogens (tertiary/aromatic N) is 1. The highest BCUT2D eigenvalue weighted by molar-refractivity contribution is 6.35. The Labute approximate surface area is 182 Å². The number of halogens is 1. The van der Waals surface area contributed by atoms with E-state index in [1.165, 1.54) is 11.1 Å². The number of phenolic OH excluding ortho intramolecular Hbond substituents is 1. The third kappa shape index (κ3) is 4.08. The van der Waals surface area contributed by atoms with Gasteiger partial charge in [-0.15, -0.1) is 0 Å². The van der Waals surface area contributed by atoms with Gasteiger partial charge in [0.05, 0.1) is 0 Å². The van der Waals surface area contributed by atoms with Crippen LogP contribution in [0, 0.1) is 27.7 Å². The summed E-state index contributed by atoms with van der Waals surface area (Å²) in [5.74, 6) is 1.05. The van der Waals surface area contributed by atoms with Crippen LogP contribution in [0.25, 0.3) is 16.7 Å². The summed E-state index contributed by atoms with van der Waals surface area (Å²) in [6, 6.07) is 5.52. The molecule has 1 aromatic carbocycles. The zero-order valence-electron chi connectivity index (χ0n) is 17.5. The van der Waals surface area contributed by atoms with Crippen molar-refractivity contribution in [1.29, 1.82) is 0 Å². The summed E-state index contributed by atoms with van der Waals surface area (Å²) >= 11 is 6.25. The van der Waals surface area contributed by atoms with Crippen molar-refractivity contribution in [2.24, 2.45) is 0 Å². The van der Waals surface area contributed by atoms with E-state index >= 15 is 0 Å². The van der Waals surface area contributed by atoms with Gasteiger partial charge in [0, 0.05) is 29.8 Å². The molecule has 0 bridgehead atoms. The molecule has 0 atom stereocenters. The number of aromatic nitrogens is 1. The van der Waals surface area contributed by atoms with E-state index in [1.54, 1.807) is 13.1 Å². The number of carbonyl (C=O) groups is 1. The van der Waals surface area contributed by atoms with Gasteiger partial charge in [0.25, 0.3) is 5.91 Å². The smallest absolute Gasteiger partial charge is 0.251 e. The highest BCUT2D eigenvalue weighted by atomic mass is 35.5. The molecule has 0 saturated carbocycles. The Balaban J connectivity index is 0.000000249. The highest BCUT2D eigenvalue weighted by Crippen LogP contribution is 2.41. The van der Waals surface area contributed by atoms with Crippen molar-refractivity contribution < 1.29 is 14.3 Å². The summed E-state index contributed by atoms with van der Waals surface area (Å²) in [6.07, 6.45) is 0.670. The minimum atomic E-state index is -0.137. The van der Waals surface area contributed by atoms with Crippen LogP contribution in [0.1, 0.15) is 47.9 Å². The van der Waals surface area contributed by atoms with Crippen molar-refractivity contribution in [3.63, 3.8) is 0 Å². The van der Waals surface area contributed by atoms with Crippen molar-refractivity contribution in [3.8, 4) is 5.75 Å². The van der Waals surface area contributed by atoms with Gasteiger partial charge < -0.3 is 14.8 Å². The van der Waals surface area contributed by atoms with Crippen LogP contribution in [-0.4, -0.2) is 23.0 Å². The van der Waals surface area contributed by atoms with E-state index < -0.39 is 0 Å². The number of furan rings is 1. The Hall–Kier alpha value is -2.79. The van der Waals surface area contributed by atoms with Crippen molar-refractivity contribution in [2.75, 3.05) is 7.05 Å². The van der Waals surface area contributed by atoms with E-state index in [9.17, 15) is 9.90 Å². The quantitative estimate of drug-likeness (QED) is 0.479. The number of allylic oxidation sites excluding steroid dienone is 1. The Morgan fingerprint density at radius 2 is 1.83 bits per heavy atom. The number of hydrogen-bond acceptors (Lipinski definition) is 4. The van der Waals surface area contributed by atoms with Crippen molar-refractivity contribution in [2.45, 2.75) is 48.5 Å². The number of aryl methyl sites for hydroxylation is 2. The number of hydrogen-bond donors (Lipinski definition) is 2. The average Bonchev–Trinajstić information content (AvgIpc) is 3.22. The summed E-state index contributed by atoms with van der Waals surface area (Å²) in [7, 11) is 1.61. The van der Waals surface area contributed by atoms with E-state index in [0.29, 0.717) is 28.5 Å². The third-order valence-electron chi connectivity index (χ3n) is 5.44. The molecule has 160 valence electrons. The third-order valence-corrected chi connectivity index (χ3v) is 5.71. The molecule has 0 aliphatic heterocycles. The maximum absolute atomic E-state index is 12.0. The van der Waals surface area contributed by atoms with Gasteiger partial charge in [0.2, 0.25) is 0 Å². The molecule has 0 fully saturated rings. The summed E-state index contributed by atoms with van der Waals surface area (Å²) in [6.45, 7) is 9.79. The fourth-order valence-corrected chi connectivity index (χ4v) is 3.86. The van der Waals surface area contributed by atoms with Crippen LogP contribution in [0.2, 0.25) is 5.15 Å². The molecule has 0 unspecified atom stereocenters. The summed E-state index contributed by atoms with van der Waals surface area (Å²) in [4.78, 5) is 16.3. The number of pyridine rings is 1. The lowest BCUT2D eigenvalue weighted by molar-refractivity contribution is -0.115. The number of likely N-dealkylation sites (N-methyl/N-ethyl adjacent to an activating group) is 1. The average molecular weight is 429 g/mol. The molecular weight excluding hydrogens is 400 g/mol. The second-order valence-electron chi connectivity index (χ2n) is 7.39. The lowest BCUT2D eigenvalue weighted by Gasteiger charge is -2.07. The zero-order valence-corrected chi connectivity index (χ0v) is 18.3. The lowest BCUT2D eigenvalue weighted by atomic mass is 10.0. The van der Waals surface area contributed by atoms with Crippen molar-refractivity contribution in [1.82, 2.24) is 10.3 Å². The molecule has 4 rings (SSSR count). The lowest BCUT2D eigenvalue weighted by Crippen LogP contribution is -2.19. The number of phenols is 1. The summed E-state index contributed by atoms with van der Waals surface area (Å²) in [5.41, 5.74) is 8.14. The maximum atomic E-state index is 12.0. The first-order chi connectivity index (χ1) is 13.6. The summed E-state index contributed by atoms with van der Waals surface area (Å²) < 4.78 is 5.70. The van der Waals surface area contributed by atoms with Crippen LogP contribution in [0.3, 0.4) is 0 Å². The summed E-state index contributed by atoms with van der Waals surface area (Å²) in [5, 5.41) is 12.2. The molecule has 5 nitrogen and oxygen atoms in total. The molecular formula is C24H29ClN2O3. The Morgan fingerprint density at radius 3 is 2.43 bits per heavy atom. The fraction of sp³-hybridized carbons (Fsp3) is 0.333. The van der Waals surface area contributed by atoms with E-state index in [2.05, 4.69) is 10.3 Å². The largest absolute Gasteiger partial charge is 0.508 e. The SMILES string of the molecule is C.CNC(=O)C1=C(C)Cc2c1c(Cl)nc1cc(C)oc21.Cc1ccc(O)c(C)c1C. The molecule has 0 spiro atoms. The van der Waals surface area contributed by atoms with Gasteiger partial charge in [-0.2, -0.15) is 0 Å². The minimum Gasteiger partial charge on any atom is -0.508 e. The van der Waals surface area contributed by atoms with Crippen LogP contribution in [0.4, 0.5) is 0 Å². The first-order valence-electron chi connectivity index (χ1n) is 9.42. The second-order valence-corrected chi connectivity index (χ2v) is 7.75. The first-order valence-corrected chi connectivity index (χ1v) is 9.80. The number of amides is 1. The van der Waals surface area contributed by atoms with Crippen LogP contribution in [0.5, 0.6) is 5.75 Å². The zero-order chi connectivity index (χ0) is 21.5. The number of rotatable bonds is 1. The van der Waals surface area contributed by atoms with Crippen LogP contribution < -0.4 is 5.32 Å². The molecule has 2 N–H and O–H groups in total. The molecule has 3 aromatic rings. The highest BCUT2D eigenvalue weighted by Gasteiger charge is 2.30. The number of benzene rings is 1. The van der Waals surface area contributed by atoms with Gasteiger partial charge in [0.15, 0.2) is 5.58 Å². The molecule has 30 heavy (non-hydrogen) atoms. The normalized spacial score (nSPS) is 12.2. The number of fused-ring (bicyclic) bond motifs is 3. The predicted molar refractivity (Wildman–Crippen MR) is 123 cm³/mol. The monoisotopic (exact) mass is 428 g/mol. The Morgan fingerprint density at radius 1 is 1.17 bits per heavy atom. The maximum Gasteiger partial charge on any atom is 0.251 e. The minimum absolute atomic E-state index is 0. The topological polar surface area (TPSA) is 75.4 Å². The van der Waals surface area contributed by atoms with E-state index in [0.717, 1.165) is 33.6 Å². The number of nitrogens with one attached hydrogen (secondary N) is 1. The van der Waals surface area contributed by atoms with Crippen LogP contribution in [-0.2, 0) is 11.2 Å². The molecule has 0 saturated heterocycles. The molecule has 1 amide bonds.